The molecule has 0 aliphatic carbocycles. The second kappa shape index (κ2) is 14.2. The van der Waals surface area contributed by atoms with Crippen LogP contribution in [0.5, 0.6) is 0 Å². The molecule has 0 amide bonds. The van der Waals surface area contributed by atoms with Crippen molar-refractivity contribution >= 4 is 86.0 Å². The molecular weight excluding hydrogens is 778 g/mol. The largest absolute Gasteiger partial charge is 0.494 e. The van der Waals surface area contributed by atoms with Gasteiger partial charge in [-0.05, 0) is 156 Å². The molecule has 2 aromatic heterocycles. The molecule has 2 fully saturated rings. The first-order chi connectivity index (χ1) is 30.2. The summed E-state index contributed by atoms with van der Waals surface area (Å²) in [4.78, 5) is 2.28. The van der Waals surface area contributed by atoms with Crippen molar-refractivity contribution in [3.05, 3.63) is 158 Å². The topological polar surface area (TPSA) is 58.2 Å². The van der Waals surface area contributed by atoms with Gasteiger partial charge in [-0.3, -0.25) is 0 Å². The average Bonchev–Trinajstić information content (AvgIpc) is 3.94. The summed E-state index contributed by atoms with van der Waals surface area (Å²) in [6.45, 7) is 16.7. The van der Waals surface area contributed by atoms with E-state index in [9.17, 15) is 0 Å². The fourth-order valence-electron chi connectivity index (χ4n) is 9.05. The normalized spacial score (nSPS) is 17.7. The van der Waals surface area contributed by atoms with Gasteiger partial charge in [-0.1, -0.05) is 78.9 Å². The smallest absolute Gasteiger partial charge is 0.456 e. The standard InChI is InChI=1S/C54H50B2N2O5/c1-51(2)52(3,4)61-55(60-51)37-20-26-40(27-21-37)57(41-28-22-38(23-29-41)56-62-53(5,6)54(7,8)63-56)39-24-17-35(18-25-39)36-19-31-48-45(33-36)43-13-9-11-15-47(43)58(48)42-30-32-50-46(34-42)44-14-10-12-16-49(44)59-50/h9-34H,1-8H3. The van der Waals surface area contributed by atoms with Gasteiger partial charge in [-0.2, -0.15) is 0 Å². The van der Waals surface area contributed by atoms with E-state index in [0.29, 0.717) is 0 Å². The number of hydrogen-bond acceptors (Lipinski definition) is 6. The summed E-state index contributed by atoms with van der Waals surface area (Å²) in [7, 11) is -0.884. The molecule has 4 heterocycles. The van der Waals surface area contributed by atoms with Crippen molar-refractivity contribution in [2.75, 3.05) is 4.90 Å². The van der Waals surface area contributed by atoms with Crippen LogP contribution < -0.4 is 15.8 Å². The minimum atomic E-state index is -0.442. The van der Waals surface area contributed by atoms with Crippen LogP contribution in [0.25, 0.3) is 60.6 Å². The Bertz CT molecular complexity index is 3090. The predicted octanol–water partition coefficient (Wildman–Crippen LogP) is 12.4. The number of para-hydroxylation sites is 2. The Labute approximate surface area is 369 Å². The monoisotopic (exact) mass is 828 g/mol. The van der Waals surface area contributed by atoms with Crippen molar-refractivity contribution in [2.45, 2.75) is 77.8 Å². The van der Waals surface area contributed by atoms with Crippen LogP contribution in [0.15, 0.2) is 162 Å². The Morgan fingerprint density at radius 3 is 1.43 bits per heavy atom. The van der Waals surface area contributed by atoms with Crippen molar-refractivity contribution in [2.24, 2.45) is 0 Å². The van der Waals surface area contributed by atoms with Crippen LogP contribution in [0.3, 0.4) is 0 Å². The first-order valence-electron chi connectivity index (χ1n) is 21.9. The number of furan rings is 1. The number of anilines is 3. The summed E-state index contributed by atoms with van der Waals surface area (Å²) >= 11 is 0. The second-order valence-corrected chi connectivity index (χ2v) is 19.1. The zero-order valence-electron chi connectivity index (χ0n) is 37.1. The lowest BCUT2D eigenvalue weighted by Gasteiger charge is -2.32. The van der Waals surface area contributed by atoms with E-state index in [4.69, 9.17) is 23.0 Å². The molecule has 7 nitrogen and oxygen atoms in total. The number of fused-ring (bicyclic) bond motifs is 6. The second-order valence-electron chi connectivity index (χ2n) is 19.1. The van der Waals surface area contributed by atoms with Gasteiger partial charge in [0.25, 0.3) is 0 Å². The summed E-state index contributed by atoms with van der Waals surface area (Å²) in [5, 5.41) is 4.65. The molecule has 0 atom stereocenters. The lowest BCUT2D eigenvalue weighted by atomic mass is 9.79. The quantitative estimate of drug-likeness (QED) is 0.149. The van der Waals surface area contributed by atoms with Crippen LogP contribution in [-0.4, -0.2) is 41.2 Å². The minimum Gasteiger partial charge on any atom is -0.456 e. The molecule has 2 aliphatic rings. The summed E-state index contributed by atoms with van der Waals surface area (Å²) in [5.41, 5.74) is 10.8. The number of benzene rings is 7. The third kappa shape index (κ3) is 6.52. The fourth-order valence-corrected chi connectivity index (χ4v) is 9.05. The lowest BCUT2D eigenvalue weighted by Crippen LogP contribution is -2.41. The number of aromatic nitrogens is 1. The van der Waals surface area contributed by atoms with Crippen LogP contribution in [0.4, 0.5) is 17.1 Å². The summed E-state index contributed by atoms with van der Waals surface area (Å²) in [6.07, 6.45) is 0. The third-order valence-corrected chi connectivity index (χ3v) is 14.1. The maximum atomic E-state index is 6.40. The lowest BCUT2D eigenvalue weighted by molar-refractivity contribution is 0.00578. The molecule has 2 saturated heterocycles. The molecule has 312 valence electrons. The van der Waals surface area contributed by atoms with Gasteiger partial charge in [0.15, 0.2) is 0 Å². The van der Waals surface area contributed by atoms with Crippen LogP contribution in [0.2, 0.25) is 0 Å². The molecule has 0 saturated carbocycles. The molecular formula is C54H50B2N2O5. The van der Waals surface area contributed by atoms with Gasteiger partial charge >= 0.3 is 14.2 Å². The molecule has 9 heteroatoms. The Kier molecular flexibility index (Phi) is 8.96. The number of nitrogens with zero attached hydrogens (tertiary/aromatic N) is 2. The maximum Gasteiger partial charge on any atom is 0.494 e. The highest BCUT2D eigenvalue weighted by Gasteiger charge is 2.52. The van der Waals surface area contributed by atoms with E-state index in [0.717, 1.165) is 77.8 Å². The van der Waals surface area contributed by atoms with Crippen molar-refractivity contribution in [1.82, 2.24) is 4.57 Å². The van der Waals surface area contributed by atoms with Crippen molar-refractivity contribution in [1.29, 1.82) is 0 Å². The minimum absolute atomic E-state index is 0.421. The van der Waals surface area contributed by atoms with Crippen LogP contribution >= 0.6 is 0 Å². The van der Waals surface area contributed by atoms with Crippen molar-refractivity contribution in [3.63, 3.8) is 0 Å². The van der Waals surface area contributed by atoms with Gasteiger partial charge in [-0.15, -0.1) is 0 Å². The zero-order chi connectivity index (χ0) is 43.5. The summed E-state index contributed by atoms with van der Waals surface area (Å²) in [6, 6.07) is 56.1. The zero-order valence-corrected chi connectivity index (χ0v) is 37.1. The molecule has 0 bridgehead atoms. The van der Waals surface area contributed by atoms with Crippen molar-refractivity contribution < 1.29 is 23.0 Å². The predicted molar refractivity (Wildman–Crippen MR) is 260 cm³/mol. The van der Waals surface area contributed by atoms with E-state index in [2.05, 4.69) is 210 Å². The number of hydrogen-bond donors (Lipinski definition) is 0. The molecule has 0 radical (unpaired) electrons. The van der Waals surface area contributed by atoms with Crippen LogP contribution in [-0.2, 0) is 18.6 Å². The van der Waals surface area contributed by atoms with Gasteiger partial charge in [0.2, 0.25) is 0 Å². The van der Waals surface area contributed by atoms with Gasteiger partial charge in [0, 0.05) is 44.3 Å². The Morgan fingerprint density at radius 2 is 0.857 bits per heavy atom. The van der Waals surface area contributed by atoms with E-state index in [-0.39, 0.29) is 0 Å². The maximum absolute atomic E-state index is 6.40. The molecule has 0 spiro atoms. The third-order valence-electron chi connectivity index (χ3n) is 14.1. The highest BCUT2D eigenvalue weighted by Crippen LogP contribution is 2.41. The SMILES string of the molecule is CC1(C)OB(c2ccc(N(c3ccc(B4OC(C)(C)C(C)(C)O4)cc3)c3ccc(-c4ccc5c(c4)c4ccccc4n5-c4ccc5oc6ccccc6c5c4)cc3)cc2)OC1(C)C. The molecule has 7 aromatic carbocycles. The molecule has 0 N–H and O–H groups in total. The fraction of sp³-hybridized carbons (Fsp3) is 0.222. The molecule has 63 heavy (non-hydrogen) atoms. The molecule has 0 unspecified atom stereocenters. The van der Waals surface area contributed by atoms with Gasteiger partial charge in [-0.25, -0.2) is 0 Å². The van der Waals surface area contributed by atoms with Gasteiger partial charge < -0.3 is 32.5 Å². The molecule has 2 aliphatic heterocycles. The first kappa shape index (κ1) is 39.7. The highest BCUT2D eigenvalue weighted by atomic mass is 16.7. The Morgan fingerprint density at radius 1 is 0.397 bits per heavy atom. The van der Waals surface area contributed by atoms with E-state index in [1.165, 1.54) is 10.8 Å². The van der Waals surface area contributed by atoms with Gasteiger partial charge in [0.05, 0.1) is 33.4 Å². The van der Waals surface area contributed by atoms with E-state index >= 15 is 0 Å². The summed E-state index contributed by atoms with van der Waals surface area (Å²) < 4.78 is 34.2. The Balaban J connectivity index is 0.949. The van der Waals surface area contributed by atoms with E-state index in [1.807, 2.05) is 12.1 Å². The highest BCUT2D eigenvalue weighted by molar-refractivity contribution is 6.62. The molecule has 9 aromatic rings. The average molecular weight is 829 g/mol. The Hall–Kier alpha value is -6.09. The van der Waals surface area contributed by atoms with E-state index < -0.39 is 36.6 Å². The van der Waals surface area contributed by atoms with Gasteiger partial charge in [0.1, 0.15) is 11.2 Å². The summed E-state index contributed by atoms with van der Waals surface area (Å²) in [5.74, 6) is 0. The van der Waals surface area contributed by atoms with E-state index in [1.54, 1.807) is 0 Å². The molecule has 11 rings (SSSR count). The van der Waals surface area contributed by atoms with Crippen LogP contribution in [0, 0.1) is 0 Å². The first-order valence-corrected chi connectivity index (χ1v) is 21.9. The van der Waals surface area contributed by atoms with Crippen LogP contribution in [0.1, 0.15) is 55.4 Å². The van der Waals surface area contributed by atoms with Crippen molar-refractivity contribution in [3.8, 4) is 16.8 Å². The number of rotatable bonds is 7.